The molecule has 1 aliphatic rings. The summed E-state index contributed by atoms with van der Waals surface area (Å²) in [5.74, 6) is -0.710. The van der Waals surface area contributed by atoms with Crippen molar-refractivity contribution in [2.24, 2.45) is 0 Å². The summed E-state index contributed by atoms with van der Waals surface area (Å²) in [6, 6.07) is 10.8. The second-order valence-corrected chi connectivity index (χ2v) is 9.19. The Hall–Kier alpha value is -2.25. The quantitative estimate of drug-likeness (QED) is 0.819. The van der Waals surface area contributed by atoms with Crippen molar-refractivity contribution in [2.45, 2.75) is 50.5 Å². The van der Waals surface area contributed by atoms with Gasteiger partial charge in [-0.05, 0) is 56.5 Å². The monoisotopic (exact) mass is 404 g/mol. The van der Waals surface area contributed by atoms with Gasteiger partial charge in [0.15, 0.2) is 0 Å². The molecule has 1 saturated heterocycles. The molecule has 1 fully saturated rings. The van der Waals surface area contributed by atoms with Crippen molar-refractivity contribution < 1.29 is 17.6 Å². The van der Waals surface area contributed by atoms with E-state index in [2.05, 4.69) is 5.32 Å². The van der Waals surface area contributed by atoms with Crippen LogP contribution in [0.3, 0.4) is 0 Å². The first-order valence-electron chi connectivity index (χ1n) is 9.42. The van der Waals surface area contributed by atoms with Crippen LogP contribution in [0.2, 0.25) is 0 Å². The van der Waals surface area contributed by atoms with E-state index >= 15 is 0 Å². The van der Waals surface area contributed by atoms with Gasteiger partial charge in [-0.15, -0.1) is 0 Å². The molecule has 0 saturated carbocycles. The lowest BCUT2D eigenvalue weighted by Gasteiger charge is -2.34. The smallest absolute Gasteiger partial charge is 0.243 e. The molecule has 2 aromatic rings. The summed E-state index contributed by atoms with van der Waals surface area (Å²) in [4.78, 5) is 12.7. The predicted octanol–water partition coefficient (Wildman–Crippen LogP) is 4.01. The Balaban J connectivity index is 1.74. The Labute approximate surface area is 165 Å². The summed E-state index contributed by atoms with van der Waals surface area (Å²) in [5.41, 5.74) is 1.86. The molecule has 3 rings (SSSR count). The number of anilines is 1. The fourth-order valence-electron chi connectivity index (χ4n) is 3.44. The SMILES string of the molecule is Cc1ccc(S(=O)(=O)N2CCCC[C@@H]2CC(=O)Nc2ccc(C)c(F)c2)cc1. The van der Waals surface area contributed by atoms with E-state index in [1.54, 1.807) is 43.3 Å². The van der Waals surface area contributed by atoms with E-state index in [-0.39, 0.29) is 23.0 Å². The van der Waals surface area contributed by atoms with Gasteiger partial charge in [0.1, 0.15) is 5.82 Å². The number of sulfonamides is 1. The van der Waals surface area contributed by atoms with Crippen LogP contribution in [0.15, 0.2) is 47.4 Å². The number of hydrogen-bond donors (Lipinski definition) is 1. The molecule has 0 aliphatic carbocycles. The Kier molecular flexibility index (Phi) is 6.15. The van der Waals surface area contributed by atoms with Crippen molar-refractivity contribution in [1.82, 2.24) is 4.31 Å². The molecule has 1 aliphatic heterocycles. The Morgan fingerprint density at radius 1 is 1.14 bits per heavy atom. The van der Waals surface area contributed by atoms with Crippen molar-refractivity contribution in [2.75, 3.05) is 11.9 Å². The van der Waals surface area contributed by atoms with Gasteiger partial charge in [-0.2, -0.15) is 4.31 Å². The summed E-state index contributed by atoms with van der Waals surface area (Å²) < 4.78 is 41.3. The van der Waals surface area contributed by atoms with Crippen LogP contribution < -0.4 is 5.32 Å². The number of benzene rings is 2. The highest BCUT2D eigenvalue weighted by atomic mass is 32.2. The van der Waals surface area contributed by atoms with Crippen LogP contribution in [0, 0.1) is 19.7 Å². The zero-order valence-electron chi connectivity index (χ0n) is 16.1. The van der Waals surface area contributed by atoms with E-state index < -0.39 is 16.1 Å². The van der Waals surface area contributed by atoms with Gasteiger partial charge in [0.25, 0.3) is 0 Å². The van der Waals surface area contributed by atoms with Crippen LogP contribution in [0.5, 0.6) is 0 Å². The Morgan fingerprint density at radius 2 is 1.86 bits per heavy atom. The van der Waals surface area contributed by atoms with E-state index in [4.69, 9.17) is 0 Å². The standard InChI is InChI=1S/C21H25FN2O3S/c1-15-6-10-19(11-7-15)28(26,27)24-12-4-3-5-18(24)14-21(25)23-17-9-8-16(2)20(22)13-17/h6-11,13,18H,3-5,12,14H2,1-2H3,(H,23,25)/t18-/m1/s1. The van der Waals surface area contributed by atoms with Crippen molar-refractivity contribution in [3.05, 3.63) is 59.4 Å². The van der Waals surface area contributed by atoms with Crippen LogP contribution in [0.1, 0.15) is 36.8 Å². The van der Waals surface area contributed by atoms with Crippen molar-refractivity contribution >= 4 is 21.6 Å². The highest BCUT2D eigenvalue weighted by Crippen LogP contribution is 2.27. The molecular weight excluding hydrogens is 379 g/mol. The molecule has 1 N–H and O–H groups in total. The maximum atomic E-state index is 13.7. The summed E-state index contributed by atoms with van der Waals surface area (Å²) >= 11 is 0. The lowest BCUT2D eigenvalue weighted by Crippen LogP contribution is -2.45. The van der Waals surface area contributed by atoms with Gasteiger partial charge in [0.2, 0.25) is 15.9 Å². The molecule has 28 heavy (non-hydrogen) atoms. The normalized spacial score (nSPS) is 18.0. The van der Waals surface area contributed by atoms with Gasteiger partial charge < -0.3 is 5.32 Å². The number of carbonyl (C=O) groups excluding carboxylic acids is 1. The van der Waals surface area contributed by atoms with Gasteiger partial charge in [-0.1, -0.05) is 30.2 Å². The molecule has 0 spiro atoms. The summed E-state index contributed by atoms with van der Waals surface area (Å²) in [6.45, 7) is 3.95. The molecule has 0 bridgehead atoms. The number of nitrogens with one attached hydrogen (secondary N) is 1. The van der Waals surface area contributed by atoms with Gasteiger partial charge in [0, 0.05) is 24.7 Å². The number of piperidine rings is 1. The number of aryl methyl sites for hydroxylation is 2. The molecule has 1 amide bonds. The van der Waals surface area contributed by atoms with Gasteiger partial charge in [-0.3, -0.25) is 4.79 Å². The maximum absolute atomic E-state index is 13.7. The van der Waals surface area contributed by atoms with Crippen LogP contribution in [-0.4, -0.2) is 31.2 Å². The van der Waals surface area contributed by atoms with Crippen molar-refractivity contribution in [1.29, 1.82) is 0 Å². The molecule has 0 unspecified atom stereocenters. The molecular formula is C21H25FN2O3S. The number of halogens is 1. The van der Waals surface area contributed by atoms with Crippen molar-refractivity contribution in [3.8, 4) is 0 Å². The highest BCUT2D eigenvalue weighted by Gasteiger charge is 2.34. The zero-order valence-corrected chi connectivity index (χ0v) is 16.9. The van der Waals surface area contributed by atoms with Crippen LogP contribution in [0.4, 0.5) is 10.1 Å². The summed E-state index contributed by atoms with van der Waals surface area (Å²) in [5, 5.41) is 2.68. The predicted molar refractivity (Wildman–Crippen MR) is 107 cm³/mol. The number of amides is 1. The second kappa shape index (κ2) is 8.41. The van der Waals surface area contributed by atoms with E-state index in [1.807, 2.05) is 6.92 Å². The first-order valence-corrected chi connectivity index (χ1v) is 10.9. The minimum atomic E-state index is -3.67. The third-order valence-electron chi connectivity index (χ3n) is 5.08. The van der Waals surface area contributed by atoms with Crippen LogP contribution in [-0.2, 0) is 14.8 Å². The van der Waals surface area contributed by atoms with E-state index in [1.165, 1.54) is 10.4 Å². The Bertz CT molecular complexity index is 958. The van der Waals surface area contributed by atoms with E-state index in [9.17, 15) is 17.6 Å². The van der Waals surface area contributed by atoms with Crippen LogP contribution >= 0.6 is 0 Å². The molecule has 2 aromatic carbocycles. The average molecular weight is 405 g/mol. The summed E-state index contributed by atoms with van der Waals surface area (Å²) in [6.07, 6.45) is 2.31. The van der Waals surface area contributed by atoms with Gasteiger partial charge in [0.05, 0.1) is 4.90 Å². The third kappa shape index (κ3) is 4.59. The molecule has 150 valence electrons. The molecule has 1 atom stereocenters. The van der Waals surface area contributed by atoms with Crippen LogP contribution in [0.25, 0.3) is 0 Å². The molecule has 1 heterocycles. The van der Waals surface area contributed by atoms with Gasteiger partial charge >= 0.3 is 0 Å². The number of rotatable bonds is 5. The minimum Gasteiger partial charge on any atom is -0.326 e. The molecule has 5 nitrogen and oxygen atoms in total. The lowest BCUT2D eigenvalue weighted by molar-refractivity contribution is -0.117. The average Bonchev–Trinajstić information content (AvgIpc) is 2.65. The number of carbonyl (C=O) groups is 1. The Morgan fingerprint density at radius 3 is 2.54 bits per heavy atom. The number of nitrogens with zero attached hydrogens (tertiary/aromatic N) is 1. The minimum absolute atomic E-state index is 0.0422. The first-order chi connectivity index (χ1) is 13.3. The fraction of sp³-hybridized carbons (Fsp3) is 0.381. The van der Waals surface area contributed by atoms with Crippen molar-refractivity contribution in [3.63, 3.8) is 0 Å². The zero-order chi connectivity index (χ0) is 20.3. The third-order valence-corrected chi connectivity index (χ3v) is 7.04. The fourth-order valence-corrected chi connectivity index (χ4v) is 5.13. The summed E-state index contributed by atoms with van der Waals surface area (Å²) in [7, 11) is -3.67. The number of hydrogen-bond acceptors (Lipinski definition) is 3. The molecule has 0 radical (unpaired) electrons. The molecule has 7 heteroatoms. The van der Waals surface area contributed by atoms with Gasteiger partial charge in [-0.25, -0.2) is 12.8 Å². The second-order valence-electron chi connectivity index (χ2n) is 7.29. The van der Waals surface area contributed by atoms with E-state index in [0.717, 1.165) is 18.4 Å². The maximum Gasteiger partial charge on any atom is 0.243 e. The largest absolute Gasteiger partial charge is 0.326 e. The van der Waals surface area contributed by atoms with E-state index in [0.29, 0.717) is 24.2 Å². The topological polar surface area (TPSA) is 66.5 Å². The highest BCUT2D eigenvalue weighted by molar-refractivity contribution is 7.89. The first kappa shape index (κ1) is 20.5. The lowest BCUT2D eigenvalue weighted by atomic mass is 10.0. The molecule has 0 aromatic heterocycles.